The van der Waals surface area contributed by atoms with Gasteiger partial charge in [-0.15, -0.1) is 0 Å². The van der Waals surface area contributed by atoms with E-state index in [9.17, 15) is 19.3 Å². The fourth-order valence-electron chi connectivity index (χ4n) is 3.64. The second-order valence-electron chi connectivity index (χ2n) is 9.54. The molecule has 2 unspecified atom stereocenters. The smallest absolute Gasteiger partial charge is 0.407 e. The zero-order valence-corrected chi connectivity index (χ0v) is 21.0. The van der Waals surface area contributed by atoms with Gasteiger partial charge in [-0.05, 0) is 34.6 Å². The number of fused-ring (bicyclic) bond motifs is 3. The van der Waals surface area contributed by atoms with Crippen molar-refractivity contribution in [1.82, 2.24) is 5.32 Å². The maximum Gasteiger partial charge on any atom is 0.407 e. The Balaban J connectivity index is 1.59. The monoisotopic (exact) mass is 489 g/mol. The molecule has 2 aromatic rings. The summed E-state index contributed by atoms with van der Waals surface area (Å²) in [6, 6.07) is 14.4. The summed E-state index contributed by atoms with van der Waals surface area (Å²) in [5.74, 6) is -1.49. The number of carboxylic acids is 1. The van der Waals surface area contributed by atoms with Crippen LogP contribution in [0.2, 0.25) is 0 Å². The second kappa shape index (κ2) is 10.3. The van der Waals surface area contributed by atoms with Crippen molar-refractivity contribution >= 4 is 19.7 Å². The van der Waals surface area contributed by atoms with Gasteiger partial charge in [0.1, 0.15) is 6.61 Å². The van der Waals surface area contributed by atoms with Crippen LogP contribution in [0.25, 0.3) is 11.1 Å². The molecule has 34 heavy (non-hydrogen) atoms. The first kappa shape index (κ1) is 25.9. The maximum absolute atomic E-state index is 12.6. The molecule has 184 valence electrons. The molecule has 1 amide bonds. The molecule has 2 aromatic carbocycles. The van der Waals surface area contributed by atoms with Crippen LogP contribution < -0.4 is 5.32 Å². The number of hydrogen-bond donors (Lipinski definition) is 2. The van der Waals surface area contributed by atoms with E-state index < -0.39 is 32.3 Å². The van der Waals surface area contributed by atoms with Gasteiger partial charge in [0.2, 0.25) is 0 Å². The fourth-order valence-corrected chi connectivity index (χ4v) is 5.01. The van der Waals surface area contributed by atoms with E-state index in [0.717, 1.165) is 22.3 Å². The highest BCUT2D eigenvalue weighted by Gasteiger charge is 2.32. The minimum atomic E-state index is -3.54. The van der Waals surface area contributed by atoms with Crippen LogP contribution in [-0.4, -0.2) is 49.2 Å². The summed E-state index contributed by atoms with van der Waals surface area (Å²) in [5, 5.41) is 11.8. The predicted octanol–water partition coefficient (Wildman–Crippen LogP) is 5.27. The zero-order valence-electron chi connectivity index (χ0n) is 20.1. The minimum Gasteiger partial charge on any atom is -0.480 e. The Morgan fingerprint density at radius 3 is 2.09 bits per heavy atom. The summed E-state index contributed by atoms with van der Waals surface area (Å²) >= 11 is 0. The number of amides is 1. The molecule has 0 radical (unpaired) electrons. The van der Waals surface area contributed by atoms with Crippen molar-refractivity contribution in [1.29, 1.82) is 0 Å². The van der Waals surface area contributed by atoms with Crippen LogP contribution in [0.15, 0.2) is 48.5 Å². The van der Waals surface area contributed by atoms with E-state index in [2.05, 4.69) is 5.32 Å². The van der Waals surface area contributed by atoms with Gasteiger partial charge in [-0.3, -0.25) is 4.57 Å². The van der Waals surface area contributed by atoms with E-state index in [1.165, 1.54) is 6.66 Å². The van der Waals surface area contributed by atoms with Crippen molar-refractivity contribution in [2.24, 2.45) is 5.41 Å². The first-order valence-electron chi connectivity index (χ1n) is 11.1. The normalized spacial score (nSPS) is 16.6. The third kappa shape index (κ3) is 6.26. The fraction of sp³-hybridized carbons (Fsp3) is 0.440. The van der Waals surface area contributed by atoms with Crippen LogP contribution in [0.1, 0.15) is 44.7 Å². The quantitative estimate of drug-likeness (QED) is 0.462. The van der Waals surface area contributed by atoms with E-state index in [0.29, 0.717) is 0 Å². The van der Waals surface area contributed by atoms with Crippen molar-refractivity contribution in [2.75, 3.05) is 19.9 Å². The topological polar surface area (TPSA) is 111 Å². The SMILES string of the molecule is CC(OP(C)(=O)OC[C@H](NC(=O)OCC1c2ccccc2-c2ccccc21)C(=O)O)C(C)(C)C. The molecular formula is C25H32NO7P. The van der Waals surface area contributed by atoms with Gasteiger partial charge >= 0.3 is 19.7 Å². The largest absolute Gasteiger partial charge is 0.480 e. The molecule has 0 bridgehead atoms. The van der Waals surface area contributed by atoms with Crippen molar-refractivity contribution < 1.29 is 33.0 Å². The van der Waals surface area contributed by atoms with Gasteiger partial charge in [0.15, 0.2) is 6.04 Å². The summed E-state index contributed by atoms with van der Waals surface area (Å²) in [6.45, 7) is 8.35. The Bertz CT molecular complexity index is 1050. The highest BCUT2D eigenvalue weighted by molar-refractivity contribution is 7.53. The number of benzene rings is 2. The van der Waals surface area contributed by atoms with Crippen LogP contribution >= 0.6 is 7.60 Å². The number of alkyl carbamates (subject to hydrolysis) is 1. The number of carbonyl (C=O) groups excluding carboxylic acids is 1. The van der Waals surface area contributed by atoms with Crippen molar-refractivity contribution in [2.45, 2.75) is 45.8 Å². The zero-order chi connectivity index (χ0) is 25.1. The number of hydrogen-bond acceptors (Lipinski definition) is 6. The van der Waals surface area contributed by atoms with Gasteiger partial charge < -0.3 is 24.2 Å². The number of rotatable bonds is 9. The number of ether oxygens (including phenoxy) is 1. The molecule has 3 rings (SSSR count). The Hall–Kier alpha value is -2.67. The van der Waals surface area contributed by atoms with Crippen molar-refractivity contribution in [3.8, 4) is 11.1 Å². The van der Waals surface area contributed by atoms with Gasteiger partial charge in [-0.2, -0.15) is 0 Å². The van der Waals surface area contributed by atoms with E-state index >= 15 is 0 Å². The molecule has 0 aromatic heterocycles. The average Bonchev–Trinajstić information content (AvgIpc) is 3.08. The first-order chi connectivity index (χ1) is 15.9. The molecule has 0 saturated carbocycles. The van der Waals surface area contributed by atoms with E-state index in [-0.39, 0.29) is 24.0 Å². The molecule has 0 spiro atoms. The Kier molecular flexibility index (Phi) is 7.86. The number of nitrogens with one attached hydrogen (secondary N) is 1. The molecule has 8 nitrogen and oxygen atoms in total. The third-order valence-corrected chi connectivity index (χ3v) is 7.30. The van der Waals surface area contributed by atoms with Crippen LogP contribution in [0.3, 0.4) is 0 Å². The highest BCUT2D eigenvalue weighted by Crippen LogP contribution is 2.48. The van der Waals surface area contributed by atoms with Crippen LogP contribution in [0, 0.1) is 5.41 Å². The van der Waals surface area contributed by atoms with Crippen molar-refractivity contribution in [3.05, 3.63) is 59.7 Å². The summed E-state index contributed by atoms with van der Waals surface area (Å²) in [5.41, 5.74) is 4.00. The number of carboxylic acid groups (broad SMARTS) is 1. The Labute approximate surface area is 200 Å². The van der Waals surface area contributed by atoms with Gasteiger partial charge in [-0.1, -0.05) is 69.3 Å². The Morgan fingerprint density at radius 1 is 1.06 bits per heavy atom. The lowest BCUT2D eigenvalue weighted by Crippen LogP contribution is -2.44. The lowest BCUT2D eigenvalue weighted by atomic mass is 9.91. The summed E-state index contributed by atoms with van der Waals surface area (Å²) < 4.78 is 28.8. The summed E-state index contributed by atoms with van der Waals surface area (Å²) in [6.07, 6.45) is -1.28. The van der Waals surface area contributed by atoms with Gasteiger partial charge in [0.05, 0.1) is 12.7 Å². The summed E-state index contributed by atoms with van der Waals surface area (Å²) in [4.78, 5) is 24.1. The number of carbonyl (C=O) groups is 2. The Morgan fingerprint density at radius 2 is 1.59 bits per heavy atom. The van der Waals surface area contributed by atoms with E-state index in [4.69, 9.17) is 13.8 Å². The first-order valence-corrected chi connectivity index (χ1v) is 13.1. The van der Waals surface area contributed by atoms with E-state index in [1.54, 1.807) is 6.92 Å². The van der Waals surface area contributed by atoms with Gasteiger partial charge in [0.25, 0.3) is 0 Å². The molecule has 0 fully saturated rings. The molecule has 2 N–H and O–H groups in total. The summed E-state index contributed by atoms with van der Waals surface area (Å²) in [7, 11) is -3.54. The molecule has 9 heteroatoms. The molecule has 1 aliphatic rings. The van der Waals surface area contributed by atoms with Crippen molar-refractivity contribution in [3.63, 3.8) is 0 Å². The molecule has 0 saturated heterocycles. The maximum atomic E-state index is 12.6. The standard InChI is InChI=1S/C25H32NO7P/c1-16(25(2,3)4)33-34(5,30)32-15-22(23(27)28)26-24(29)31-14-21-19-12-8-6-10-17(19)18-11-7-9-13-20(18)21/h6-13,16,21-22H,14-15H2,1-5H3,(H,26,29)(H,27,28)/t16?,22-,34?/m0/s1. The van der Waals surface area contributed by atoms with Gasteiger partial charge in [0, 0.05) is 12.6 Å². The minimum absolute atomic E-state index is 0.0472. The van der Waals surface area contributed by atoms with Crippen LogP contribution in [-0.2, 0) is 23.1 Å². The molecule has 1 aliphatic carbocycles. The van der Waals surface area contributed by atoms with Crippen LogP contribution in [0.4, 0.5) is 4.79 Å². The number of aliphatic carboxylic acids is 1. The molecule has 0 aliphatic heterocycles. The second-order valence-corrected chi connectivity index (χ2v) is 11.6. The molecule has 3 atom stereocenters. The van der Waals surface area contributed by atoms with Crippen LogP contribution in [0.5, 0.6) is 0 Å². The molecule has 0 heterocycles. The molecular weight excluding hydrogens is 457 g/mol. The lowest BCUT2D eigenvalue weighted by molar-refractivity contribution is -0.140. The average molecular weight is 490 g/mol. The third-order valence-electron chi connectivity index (χ3n) is 5.98. The predicted molar refractivity (Wildman–Crippen MR) is 129 cm³/mol. The van der Waals surface area contributed by atoms with E-state index in [1.807, 2.05) is 69.3 Å². The lowest BCUT2D eigenvalue weighted by Gasteiger charge is -2.29. The highest BCUT2D eigenvalue weighted by atomic mass is 31.2. The van der Waals surface area contributed by atoms with Gasteiger partial charge in [-0.25, -0.2) is 9.59 Å².